The Bertz CT molecular complexity index is 784. The SMILES string of the molecule is CCNC(=NCCc1ccncc1C)NC1CCN(c2cccc(F)c2)CC1. The number of guanidine groups is 1. The van der Waals surface area contributed by atoms with Gasteiger partial charge in [0.05, 0.1) is 0 Å². The number of nitrogens with one attached hydrogen (secondary N) is 2. The minimum Gasteiger partial charge on any atom is -0.371 e. The summed E-state index contributed by atoms with van der Waals surface area (Å²) in [5.74, 6) is 0.696. The predicted molar refractivity (Wildman–Crippen MR) is 113 cm³/mol. The molecule has 2 aromatic rings. The summed E-state index contributed by atoms with van der Waals surface area (Å²) in [6, 6.07) is 9.29. The van der Waals surface area contributed by atoms with Gasteiger partial charge in [-0.1, -0.05) is 6.07 Å². The van der Waals surface area contributed by atoms with Crippen molar-refractivity contribution in [3.8, 4) is 0 Å². The van der Waals surface area contributed by atoms with Gasteiger partial charge in [0.25, 0.3) is 0 Å². The van der Waals surface area contributed by atoms with Crippen LogP contribution in [0.5, 0.6) is 0 Å². The zero-order valence-corrected chi connectivity index (χ0v) is 16.8. The van der Waals surface area contributed by atoms with Crippen LogP contribution in [0.2, 0.25) is 0 Å². The maximum atomic E-state index is 13.5. The van der Waals surface area contributed by atoms with Crippen LogP contribution < -0.4 is 15.5 Å². The van der Waals surface area contributed by atoms with Crippen molar-refractivity contribution in [2.24, 2.45) is 4.99 Å². The molecule has 0 unspecified atom stereocenters. The lowest BCUT2D eigenvalue weighted by Crippen LogP contribution is -2.48. The maximum Gasteiger partial charge on any atom is 0.191 e. The van der Waals surface area contributed by atoms with Crippen molar-refractivity contribution in [3.63, 3.8) is 0 Å². The van der Waals surface area contributed by atoms with E-state index < -0.39 is 0 Å². The first-order valence-corrected chi connectivity index (χ1v) is 10.1. The lowest BCUT2D eigenvalue weighted by molar-refractivity contribution is 0.461. The molecular formula is C22H30FN5. The van der Waals surface area contributed by atoms with Gasteiger partial charge in [-0.25, -0.2) is 4.39 Å². The molecule has 2 N–H and O–H groups in total. The number of rotatable bonds is 6. The van der Waals surface area contributed by atoms with E-state index in [0.29, 0.717) is 6.04 Å². The molecule has 0 spiro atoms. The van der Waals surface area contributed by atoms with Crippen LogP contribution in [0.15, 0.2) is 47.7 Å². The quantitative estimate of drug-likeness (QED) is 0.594. The number of hydrogen-bond donors (Lipinski definition) is 2. The third-order valence-electron chi connectivity index (χ3n) is 5.14. The van der Waals surface area contributed by atoms with E-state index in [1.807, 2.05) is 18.5 Å². The summed E-state index contributed by atoms with van der Waals surface area (Å²) in [6.45, 7) is 7.57. The summed E-state index contributed by atoms with van der Waals surface area (Å²) in [6.07, 6.45) is 6.65. The summed E-state index contributed by atoms with van der Waals surface area (Å²) in [7, 11) is 0. The molecule has 1 aromatic carbocycles. The van der Waals surface area contributed by atoms with Gasteiger partial charge in [-0.15, -0.1) is 0 Å². The average Bonchev–Trinajstić information content (AvgIpc) is 2.70. The van der Waals surface area contributed by atoms with Gasteiger partial charge in [0, 0.05) is 50.3 Å². The highest BCUT2D eigenvalue weighted by molar-refractivity contribution is 5.80. The van der Waals surface area contributed by atoms with Crippen molar-refractivity contribution in [2.75, 3.05) is 31.1 Å². The van der Waals surface area contributed by atoms with Crippen LogP contribution in [-0.2, 0) is 6.42 Å². The molecule has 6 heteroatoms. The van der Waals surface area contributed by atoms with Crippen LogP contribution in [-0.4, -0.2) is 43.2 Å². The zero-order valence-electron chi connectivity index (χ0n) is 16.8. The van der Waals surface area contributed by atoms with Crippen molar-refractivity contribution in [1.82, 2.24) is 15.6 Å². The van der Waals surface area contributed by atoms with E-state index in [9.17, 15) is 4.39 Å². The smallest absolute Gasteiger partial charge is 0.191 e. The van der Waals surface area contributed by atoms with Gasteiger partial charge in [-0.05, 0) is 68.5 Å². The Morgan fingerprint density at radius 2 is 2.11 bits per heavy atom. The minimum atomic E-state index is -0.177. The third kappa shape index (κ3) is 5.68. The van der Waals surface area contributed by atoms with Gasteiger partial charge in [-0.3, -0.25) is 9.98 Å². The van der Waals surface area contributed by atoms with Crippen molar-refractivity contribution < 1.29 is 4.39 Å². The minimum absolute atomic E-state index is 0.177. The Morgan fingerprint density at radius 1 is 1.29 bits per heavy atom. The summed E-state index contributed by atoms with van der Waals surface area (Å²) < 4.78 is 13.5. The maximum absolute atomic E-state index is 13.5. The Balaban J connectivity index is 1.51. The first-order valence-electron chi connectivity index (χ1n) is 10.1. The van der Waals surface area contributed by atoms with E-state index in [1.165, 1.54) is 17.2 Å². The van der Waals surface area contributed by atoms with Crippen molar-refractivity contribution in [1.29, 1.82) is 0 Å². The molecule has 0 atom stereocenters. The fourth-order valence-electron chi connectivity index (χ4n) is 3.54. The molecule has 0 radical (unpaired) electrons. The highest BCUT2D eigenvalue weighted by atomic mass is 19.1. The lowest BCUT2D eigenvalue weighted by atomic mass is 10.0. The molecule has 1 aliphatic heterocycles. The third-order valence-corrected chi connectivity index (χ3v) is 5.14. The fourth-order valence-corrected chi connectivity index (χ4v) is 3.54. The second-order valence-electron chi connectivity index (χ2n) is 7.20. The number of pyridine rings is 1. The van der Waals surface area contributed by atoms with Gasteiger partial charge in [0.1, 0.15) is 5.82 Å². The van der Waals surface area contributed by atoms with Gasteiger partial charge in [-0.2, -0.15) is 0 Å². The normalized spacial score (nSPS) is 15.5. The van der Waals surface area contributed by atoms with Gasteiger partial charge in [0.2, 0.25) is 0 Å². The molecule has 0 amide bonds. The van der Waals surface area contributed by atoms with Gasteiger partial charge in [0.15, 0.2) is 5.96 Å². The average molecular weight is 384 g/mol. The monoisotopic (exact) mass is 383 g/mol. The molecular weight excluding hydrogens is 353 g/mol. The predicted octanol–water partition coefficient (Wildman–Crippen LogP) is 3.30. The van der Waals surface area contributed by atoms with Crippen LogP contribution >= 0.6 is 0 Å². The molecule has 2 heterocycles. The number of aliphatic imine (C=N–C) groups is 1. The van der Waals surface area contributed by atoms with Gasteiger partial charge >= 0.3 is 0 Å². The number of anilines is 1. The van der Waals surface area contributed by atoms with Crippen molar-refractivity contribution >= 4 is 11.6 Å². The van der Waals surface area contributed by atoms with Crippen LogP contribution in [0.1, 0.15) is 30.9 Å². The van der Waals surface area contributed by atoms with Crippen molar-refractivity contribution in [2.45, 2.75) is 39.2 Å². The summed E-state index contributed by atoms with van der Waals surface area (Å²) in [5.41, 5.74) is 3.46. The largest absolute Gasteiger partial charge is 0.371 e. The van der Waals surface area contributed by atoms with Crippen LogP contribution in [0, 0.1) is 12.7 Å². The van der Waals surface area contributed by atoms with E-state index in [-0.39, 0.29) is 5.82 Å². The second kappa shape index (κ2) is 10.1. The molecule has 1 aliphatic rings. The summed E-state index contributed by atoms with van der Waals surface area (Å²) in [5, 5.41) is 6.91. The van der Waals surface area contributed by atoms with E-state index in [1.54, 1.807) is 12.1 Å². The molecule has 28 heavy (non-hydrogen) atoms. The van der Waals surface area contributed by atoms with E-state index in [2.05, 4.69) is 40.4 Å². The Morgan fingerprint density at radius 3 is 2.82 bits per heavy atom. The first-order chi connectivity index (χ1) is 13.7. The summed E-state index contributed by atoms with van der Waals surface area (Å²) >= 11 is 0. The Hall–Kier alpha value is -2.63. The molecule has 150 valence electrons. The number of piperidine rings is 1. The molecule has 0 aliphatic carbocycles. The standard InChI is InChI=1S/C22H30FN5/c1-3-25-22(26-12-8-18-7-11-24-16-17(18)2)27-20-9-13-28(14-10-20)21-6-4-5-19(23)15-21/h4-7,11,15-16,20H,3,8-10,12-14H2,1-2H3,(H2,25,26,27). The number of aromatic nitrogens is 1. The number of benzene rings is 1. The van der Waals surface area contributed by atoms with Crippen molar-refractivity contribution in [3.05, 3.63) is 59.7 Å². The van der Waals surface area contributed by atoms with E-state index in [4.69, 9.17) is 4.99 Å². The van der Waals surface area contributed by atoms with Gasteiger partial charge < -0.3 is 15.5 Å². The first kappa shape index (κ1) is 20.1. The molecule has 1 fully saturated rings. The topological polar surface area (TPSA) is 52.6 Å². The lowest BCUT2D eigenvalue weighted by Gasteiger charge is -2.34. The number of halogens is 1. The number of hydrogen-bond acceptors (Lipinski definition) is 3. The highest BCUT2D eigenvalue weighted by Crippen LogP contribution is 2.20. The van der Waals surface area contributed by atoms with E-state index in [0.717, 1.165) is 57.1 Å². The molecule has 1 saturated heterocycles. The molecule has 5 nitrogen and oxygen atoms in total. The fraction of sp³-hybridized carbons (Fsp3) is 0.455. The number of nitrogens with zero attached hydrogens (tertiary/aromatic N) is 3. The van der Waals surface area contributed by atoms with E-state index >= 15 is 0 Å². The highest BCUT2D eigenvalue weighted by Gasteiger charge is 2.20. The molecule has 1 aromatic heterocycles. The van der Waals surface area contributed by atoms with Crippen LogP contribution in [0.3, 0.4) is 0 Å². The molecule has 0 bridgehead atoms. The molecule has 0 saturated carbocycles. The number of aryl methyl sites for hydroxylation is 1. The second-order valence-corrected chi connectivity index (χ2v) is 7.20. The summed E-state index contributed by atoms with van der Waals surface area (Å²) in [4.78, 5) is 11.1. The zero-order chi connectivity index (χ0) is 19.8. The van der Waals surface area contributed by atoms with Crippen LogP contribution in [0.4, 0.5) is 10.1 Å². The van der Waals surface area contributed by atoms with Crippen LogP contribution in [0.25, 0.3) is 0 Å². The Kier molecular flexibility index (Phi) is 7.23. The Labute approximate surface area is 167 Å². The molecule has 3 rings (SSSR count).